The number of morpholine rings is 1. The molecule has 4 amide bonds. The van der Waals surface area contributed by atoms with Crippen molar-refractivity contribution in [3.05, 3.63) is 60.2 Å². The largest absolute Gasteiger partial charge is 0.378 e. The molecule has 4 rings (SSSR count). The third-order valence-corrected chi connectivity index (χ3v) is 5.80. The van der Waals surface area contributed by atoms with Crippen LogP contribution in [-0.4, -0.2) is 55.6 Å². The van der Waals surface area contributed by atoms with E-state index in [0.717, 1.165) is 23.7 Å². The van der Waals surface area contributed by atoms with Gasteiger partial charge in [-0.2, -0.15) is 0 Å². The number of hydrogen-bond acceptors (Lipinski definition) is 5. The van der Waals surface area contributed by atoms with Gasteiger partial charge in [-0.05, 0) is 24.1 Å². The second-order valence-corrected chi connectivity index (χ2v) is 7.61. The highest BCUT2D eigenvalue weighted by Gasteiger charge is 2.51. The summed E-state index contributed by atoms with van der Waals surface area (Å²) in [5.41, 5.74) is 1.09. The zero-order valence-electron chi connectivity index (χ0n) is 17.5. The number of rotatable bonds is 6. The molecular formula is C23H26N4O4. The molecule has 8 heteroatoms. The number of amides is 4. The Morgan fingerprint density at radius 2 is 1.74 bits per heavy atom. The maximum absolute atomic E-state index is 13.2. The Labute approximate surface area is 181 Å². The molecule has 0 saturated carbocycles. The molecule has 162 valence electrons. The van der Waals surface area contributed by atoms with Gasteiger partial charge in [-0.1, -0.05) is 49.4 Å². The van der Waals surface area contributed by atoms with Crippen LogP contribution in [0, 0.1) is 0 Å². The monoisotopic (exact) mass is 422 g/mol. The number of carbonyl (C=O) groups is 3. The van der Waals surface area contributed by atoms with Crippen molar-refractivity contribution in [2.75, 3.05) is 43.1 Å². The summed E-state index contributed by atoms with van der Waals surface area (Å²) >= 11 is 0. The first-order valence-corrected chi connectivity index (χ1v) is 10.5. The smallest absolute Gasteiger partial charge is 0.325 e. The van der Waals surface area contributed by atoms with Crippen molar-refractivity contribution in [1.82, 2.24) is 10.2 Å². The predicted molar refractivity (Wildman–Crippen MR) is 117 cm³/mol. The Hall–Kier alpha value is -3.39. The highest BCUT2D eigenvalue weighted by molar-refractivity contribution is 6.10. The van der Waals surface area contributed by atoms with E-state index in [-0.39, 0.29) is 6.54 Å². The Morgan fingerprint density at radius 1 is 1.06 bits per heavy atom. The Balaban J connectivity index is 1.50. The van der Waals surface area contributed by atoms with Crippen LogP contribution < -0.4 is 15.5 Å². The van der Waals surface area contributed by atoms with Crippen molar-refractivity contribution in [2.24, 2.45) is 0 Å². The van der Waals surface area contributed by atoms with E-state index in [0.29, 0.717) is 30.9 Å². The van der Waals surface area contributed by atoms with Gasteiger partial charge in [-0.3, -0.25) is 14.5 Å². The minimum Gasteiger partial charge on any atom is -0.378 e. The van der Waals surface area contributed by atoms with Gasteiger partial charge in [0.05, 0.1) is 24.6 Å². The first-order chi connectivity index (χ1) is 15.0. The standard InChI is InChI=1S/C23H26N4O4/c1-2-23(17-8-4-3-5-9-17)21(29)27(22(30)25-23)16-20(28)24-18-10-6-7-11-19(18)26-12-14-31-15-13-26/h3-11H,2,12-16H2,1H3,(H,24,28)(H,25,30). The highest BCUT2D eigenvalue weighted by Crippen LogP contribution is 2.32. The fraction of sp³-hybridized carbons (Fsp3) is 0.348. The molecular weight excluding hydrogens is 396 g/mol. The van der Waals surface area contributed by atoms with Gasteiger partial charge in [-0.15, -0.1) is 0 Å². The molecule has 0 bridgehead atoms. The highest BCUT2D eigenvalue weighted by atomic mass is 16.5. The average molecular weight is 422 g/mol. The zero-order valence-corrected chi connectivity index (χ0v) is 17.5. The van der Waals surface area contributed by atoms with Crippen molar-refractivity contribution in [3.8, 4) is 0 Å². The normalized spacial score (nSPS) is 21.2. The molecule has 1 atom stereocenters. The van der Waals surface area contributed by atoms with Gasteiger partial charge < -0.3 is 20.3 Å². The quantitative estimate of drug-likeness (QED) is 0.698. The maximum atomic E-state index is 13.2. The van der Waals surface area contributed by atoms with Crippen LogP contribution in [0.25, 0.3) is 0 Å². The molecule has 2 aromatic rings. The number of imide groups is 1. The van der Waals surface area contributed by atoms with Crippen LogP contribution in [0.4, 0.5) is 16.2 Å². The summed E-state index contributed by atoms with van der Waals surface area (Å²) in [6.45, 7) is 4.21. The van der Waals surface area contributed by atoms with Gasteiger partial charge in [-0.25, -0.2) is 4.79 Å². The van der Waals surface area contributed by atoms with E-state index in [1.165, 1.54) is 0 Å². The van der Waals surface area contributed by atoms with E-state index in [9.17, 15) is 14.4 Å². The van der Waals surface area contributed by atoms with Gasteiger partial charge >= 0.3 is 6.03 Å². The van der Waals surface area contributed by atoms with Crippen LogP contribution in [-0.2, 0) is 19.9 Å². The number of anilines is 2. The third kappa shape index (κ3) is 3.98. The van der Waals surface area contributed by atoms with Crippen LogP contribution in [0.15, 0.2) is 54.6 Å². The number of benzene rings is 2. The van der Waals surface area contributed by atoms with Gasteiger partial charge in [0.15, 0.2) is 0 Å². The first kappa shape index (κ1) is 20.9. The van der Waals surface area contributed by atoms with E-state index >= 15 is 0 Å². The van der Waals surface area contributed by atoms with Crippen molar-refractivity contribution in [3.63, 3.8) is 0 Å². The summed E-state index contributed by atoms with van der Waals surface area (Å²) in [5.74, 6) is -0.841. The van der Waals surface area contributed by atoms with Crippen molar-refractivity contribution in [2.45, 2.75) is 18.9 Å². The number of hydrogen-bond donors (Lipinski definition) is 2. The lowest BCUT2D eigenvalue weighted by Gasteiger charge is -2.30. The Morgan fingerprint density at radius 3 is 2.45 bits per heavy atom. The van der Waals surface area contributed by atoms with E-state index in [1.807, 2.05) is 61.5 Å². The lowest BCUT2D eigenvalue weighted by atomic mass is 9.87. The zero-order chi connectivity index (χ0) is 21.8. The third-order valence-electron chi connectivity index (χ3n) is 5.80. The molecule has 0 aliphatic carbocycles. The number of nitrogens with zero attached hydrogens (tertiary/aromatic N) is 2. The maximum Gasteiger partial charge on any atom is 0.325 e. The molecule has 0 radical (unpaired) electrons. The predicted octanol–water partition coefficient (Wildman–Crippen LogP) is 2.32. The fourth-order valence-electron chi connectivity index (χ4n) is 4.12. The lowest BCUT2D eigenvalue weighted by Crippen LogP contribution is -2.44. The van der Waals surface area contributed by atoms with E-state index in [4.69, 9.17) is 4.74 Å². The number of para-hydroxylation sites is 2. The summed E-state index contributed by atoms with van der Waals surface area (Å²) in [6, 6.07) is 16.1. The molecule has 2 saturated heterocycles. The van der Waals surface area contributed by atoms with Crippen LogP contribution >= 0.6 is 0 Å². The van der Waals surface area contributed by atoms with Gasteiger partial charge in [0.25, 0.3) is 5.91 Å². The number of ether oxygens (including phenoxy) is 1. The van der Waals surface area contributed by atoms with Gasteiger partial charge in [0.2, 0.25) is 5.91 Å². The second kappa shape index (κ2) is 8.77. The van der Waals surface area contributed by atoms with Crippen molar-refractivity contribution in [1.29, 1.82) is 0 Å². The number of carbonyl (C=O) groups excluding carboxylic acids is 3. The molecule has 31 heavy (non-hydrogen) atoms. The molecule has 2 aliphatic rings. The topological polar surface area (TPSA) is 91.0 Å². The van der Waals surface area contributed by atoms with Crippen LogP contribution in [0.5, 0.6) is 0 Å². The Bertz CT molecular complexity index is 975. The molecule has 0 aromatic heterocycles. The SMILES string of the molecule is CCC1(c2ccccc2)NC(=O)N(CC(=O)Nc2ccccc2N2CCOCC2)C1=O. The minimum atomic E-state index is -1.15. The van der Waals surface area contributed by atoms with Crippen molar-refractivity contribution < 1.29 is 19.1 Å². The summed E-state index contributed by atoms with van der Waals surface area (Å²) in [4.78, 5) is 41.8. The molecule has 2 fully saturated rings. The average Bonchev–Trinajstić information content (AvgIpc) is 3.05. The first-order valence-electron chi connectivity index (χ1n) is 10.5. The van der Waals surface area contributed by atoms with Gasteiger partial charge in [0, 0.05) is 13.1 Å². The molecule has 2 heterocycles. The summed E-state index contributed by atoms with van der Waals surface area (Å²) < 4.78 is 5.40. The summed E-state index contributed by atoms with van der Waals surface area (Å²) in [5, 5.41) is 5.67. The van der Waals surface area contributed by atoms with Crippen LogP contribution in [0.2, 0.25) is 0 Å². The summed E-state index contributed by atoms with van der Waals surface area (Å²) in [6.07, 6.45) is 0.388. The number of nitrogens with one attached hydrogen (secondary N) is 2. The molecule has 0 spiro atoms. The van der Waals surface area contributed by atoms with Crippen LogP contribution in [0.1, 0.15) is 18.9 Å². The fourth-order valence-corrected chi connectivity index (χ4v) is 4.12. The second-order valence-electron chi connectivity index (χ2n) is 7.61. The van der Waals surface area contributed by atoms with E-state index < -0.39 is 23.4 Å². The van der Waals surface area contributed by atoms with Crippen LogP contribution in [0.3, 0.4) is 0 Å². The summed E-state index contributed by atoms with van der Waals surface area (Å²) in [7, 11) is 0. The molecule has 2 aromatic carbocycles. The minimum absolute atomic E-state index is 0.351. The molecule has 2 N–H and O–H groups in total. The molecule has 8 nitrogen and oxygen atoms in total. The number of urea groups is 1. The molecule has 2 aliphatic heterocycles. The van der Waals surface area contributed by atoms with E-state index in [2.05, 4.69) is 15.5 Å². The molecule has 1 unspecified atom stereocenters. The lowest BCUT2D eigenvalue weighted by molar-refractivity contribution is -0.134. The van der Waals surface area contributed by atoms with Crippen molar-refractivity contribution >= 4 is 29.2 Å². The Kier molecular flexibility index (Phi) is 5.90. The van der Waals surface area contributed by atoms with Gasteiger partial charge in [0.1, 0.15) is 12.1 Å². The van der Waals surface area contributed by atoms with E-state index in [1.54, 1.807) is 0 Å².